The molecule has 1 aliphatic carbocycles. The minimum absolute atomic E-state index is 0.0653. The van der Waals surface area contributed by atoms with Gasteiger partial charge in [0.2, 0.25) is 0 Å². The number of benzene rings is 1. The molecule has 144 valence electrons. The van der Waals surface area contributed by atoms with Gasteiger partial charge in [-0.15, -0.1) is 11.3 Å². The van der Waals surface area contributed by atoms with E-state index in [1.807, 2.05) is 29.1 Å². The molecule has 0 spiro atoms. The van der Waals surface area contributed by atoms with Crippen molar-refractivity contribution in [2.75, 3.05) is 7.11 Å². The third kappa shape index (κ3) is 3.71. The van der Waals surface area contributed by atoms with E-state index in [2.05, 4.69) is 22.5 Å². The molecular formula is C21H21N3O3S. The summed E-state index contributed by atoms with van der Waals surface area (Å²) in [5, 5.41) is 7.67. The number of fused-ring (bicyclic) bond motifs is 1. The van der Waals surface area contributed by atoms with Crippen molar-refractivity contribution in [1.29, 1.82) is 0 Å². The van der Waals surface area contributed by atoms with E-state index in [4.69, 9.17) is 4.74 Å². The van der Waals surface area contributed by atoms with Crippen LogP contribution in [0.25, 0.3) is 0 Å². The van der Waals surface area contributed by atoms with Crippen LogP contribution in [0.3, 0.4) is 0 Å². The Bertz CT molecular complexity index is 994. The summed E-state index contributed by atoms with van der Waals surface area (Å²) in [6, 6.07) is 13.5. The van der Waals surface area contributed by atoms with E-state index in [1.54, 1.807) is 12.1 Å². The molecule has 2 heterocycles. The Kier molecular flexibility index (Phi) is 5.25. The van der Waals surface area contributed by atoms with Gasteiger partial charge in [-0.3, -0.25) is 9.48 Å². The van der Waals surface area contributed by atoms with E-state index in [0.29, 0.717) is 9.75 Å². The van der Waals surface area contributed by atoms with Crippen LogP contribution in [-0.4, -0.2) is 28.8 Å². The number of aromatic nitrogens is 2. The molecule has 0 radical (unpaired) electrons. The standard InChI is InChI=1S/C21H21N3O3S/c1-27-21(26)19-11-10-18(28-19)20(25)23-16-8-5-9-17-15(16)12-22-24(17)13-14-6-3-2-4-7-14/h2-4,6-7,10-12,16H,5,8-9,13H2,1H3,(H,23,25)/t16-/m1/s1. The Balaban J connectivity index is 1.50. The van der Waals surface area contributed by atoms with Gasteiger partial charge in [-0.25, -0.2) is 4.79 Å². The van der Waals surface area contributed by atoms with E-state index in [0.717, 1.165) is 42.7 Å². The second-order valence-corrected chi connectivity index (χ2v) is 7.85. The highest BCUT2D eigenvalue weighted by atomic mass is 32.1. The van der Waals surface area contributed by atoms with Crippen molar-refractivity contribution in [1.82, 2.24) is 15.1 Å². The summed E-state index contributed by atoms with van der Waals surface area (Å²) in [5.74, 6) is -0.597. The van der Waals surface area contributed by atoms with Crippen LogP contribution in [0.15, 0.2) is 48.7 Å². The van der Waals surface area contributed by atoms with Crippen molar-refractivity contribution < 1.29 is 14.3 Å². The zero-order chi connectivity index (χ0) is 19.5. The lowest BCUT2D eigenvalue weighted by molar-refractivity contribution is 0.0606. The van der Waals surface area contributed by atoms with Gasteiger partial charge in [0.1, 0.15) is 4.88 Å². The van der Waals surface area contributed by atoms with Gasteiger partial charge >= 0.3 is 5.97 Å². The van der Waals surface area contributed by atoms with Crippen LogP contribution in [0.2, 0.25) is 0 Å². The molecule has 1 atom stereocenters. The summed E-state index contributed by atoms with van der Waals surface area (Å²) in [7, 11) is 1.33. The van der Waals surface area contributed by atoms with Crippen LogP contribution < -0.4 is 5.32 Å². The van der Waals surface area contributed by atoms with Crippen molar-refractivity contribution in [3.05, 3.63) is 75.2 Å². The molecule has 0 aliphatic heterocycles. The van der Waals surface area contributed by atoms with Gasteiger partial charge in [0.05, 0.1) is 30.8 Å². The van der Waals surface area contributed by atoms with E-state index < -0.39 is 5.97 Å². The third-order valence-electron chi connectivity index (χ3n) is 4.96. The fourth-order valence-electron chi connectivity index (χ4n) is 3.56. The minimum Gasteiger partial charge on any atom is -0.465 e. The molecule has 0 bridgehead atoms. The predicted octanol–water partition coefficient (Wildman–Crippen LogP) is 3.59. The van der Waals surface area contributed by atoms with Crippen LogP contribution in [0.1, 0.15) is 55.0 Å². The molecule has 28 heavy (non-hydrogen) atoms. The van der Waals surface area contributed by atoms with Crippen LogP contribution in [-0.2, 0) is 17.7 Å². The lowest BCUT2D eigenvalue weighted by Gasteiger charge is -2.24. The molecule has 6 nitrogen and oxygen atoms in total. The molecule has 4 rings (SSSR count). The number of thiophene rings is 1. The highest BCUT2D eigenvalue weighted by Crippen LogP contribution is 2.30. The molecule has 1 aromatic carbocycles. The summed E-state index contributed by atoms with van der Waals surface area (Å²) in [4.78, 5) is 25.2. The van der Waals surface area contributed by atoms with Crippen molar-refractivity contribution in [3.63, 3.8) is 0 Å². The Morgan fingerprint density at radius 1 is 1.21 bits per heavy atom. The molecule has 3 aromatic rings. The Morgan fingerprint density at radius 3 is 2.79 bits per heavy atom. The number of carbonyl (C=O) groups is 2. The quantitative estimate of drug-likeness (QED) is 0.670. The zero-order valence-corrected chi connectivity index (χ0v) is 16.4. The first kappa shape index (κ1) is 18.4. The van der Waals surface area contributed by atoms with Gasteiger partial charge in [-0.05, 0) is 37.0 Å². The number of nitrogens with one attached hydrogen (secondary N) is 1. The van der Waals surface area contributed by atoms with Crippen LogP contribution in [0.5, 0.6) is 0 Å². The van der Waals surface area contributed by atoms with E-state index in [1.165, 1.54) is 18.4 Å². The summed E-state index contributed by atoms with van der Waals surface area (Å²) < 4.78 is 6.74. The topological polar surface area (TPSA) is 73.2 Å². The van der Waals surface area contributed by atoms with Crippen molar-refractivity contribution >= 4 is 23.2 Å². The normalized spacial score (nSPS) is 15.7. The van der Waals surface area contributed by atoms with E-state index in [9.17, 15) is 9.59 Å². The van der Waals surface area contributed by atoms with Crippen molar-refractivity contribution in [3.8, 4) is 0 Å². The maximum absolute atomic E-state index is 12.7. The first-order valence-corrected chi connectivity index (χ1v) is 10.0. The fourth-order valence-corrected chi connectivity index (χ4v) is 4.39. The average molecular weight is 395 g/mol. The van der Waals surface area contributed by atoms with Gasteiger partial charge in [-0.2, -0.15) is 5.10 Å². The Hall–Kier alpha value is -2.93. The highest BCUT2D eigenvalue weighted by molar-refractivity contribution is 7.15. The van der Waals surface area contributed by atoms with Crippen molar-refractivity contribution in [2.45, 2.75) is 31.8 Å². The Labute approximate surface area is 167 Å². The first-order valence-electron chi connectivity index (χ1n) is 9.23. The van der Waals surface area contributed by atoms with E-state index in [-0.39, 0.29) is 11.9 Å². The average Bonchev–Trinajstić information content (AvgIpc) is 3.37. The number of ether oxygens (including phenoxy) is 1. The summed E-state index contributed by atoms with van der Waals surface area (Å²) in [6.45, 7) is 0.726. The number of nitrogens with zero attached hydrogens (tertiary/aromatic N) is 2. The molecule has 0 unspecified atom stereocenters. The SMILES string of the molecule is COC(=O)c1ccc(C(=O)N[C@@H]2CCCc3c2cnn3Cc2ccccc2)s1. The number of hydrogen-bond donors (Lipinski definition) is 1. The monoisotopic (exact) mass is 395 g/mol. The molecule has 0 saturated carbocycles. The number of rotatable bonds is 5. The number of methoxy groups -OCH3 is 1. The molecular weight excluding hydrogens is 374 g/mol. The van der Waals surface area contributed by atoms with Crippen molar-refractivity contribution in [2.24, 2.45) is 0 Å². The molecule has 2 aromatic heterocycles. The fraction of sp³-hybridized carbons (Fsp3) is 0.286. The van der Waals surface area contributed by atoms with Gasteiger partial charge in [0, 0.05) is 11.3 Å². The molecule has 0 fully saturated rings. The first-order chi connectivity index (χ1) is 13.7. The van der Waals surface area contributed by atoms with Crippen LogP contribution in [0.4, 0.5) is 0 Å². The summed E-state index contributed by atoms with van der Waals surface area (Å²) >= 11 is 1.14. The van der Waals surface area contributed by atoms with Gasteiger partial charge < -0.3 is 10.1 Å². The molecule has 1 amide bonds. The van der Waals surface area contributed by atoms with Gasteiger partial charge in [-0.1, -0.05) is 30.3 Å². The third-order valence-corrected chi connectivity index (χ3v) is 6.02. The highest BCUT2D eigenvalue weighted by Gasteiger charge is 2.26. The lowest BCUT2D eigenvalue weighted by atomic mass is 9.93. The maximum atomic E-state index is 12.7. The van der Waals surface area contributed by atoms with Gasteiger partial charge in [0.15, 0.2) is 0 Å². The Morgan fingerprint density at radius 2 is 2.00 bits per heavy atom. The molecule has 7 heteroatoms. The van der Waals surface area contributed by atoms with E-state index >= 15 is 0 Å². The van der Waals surface area contributed by atoms with Gasteiger partial charge in [0.25, 0.3) is 5.91 Å². The second-order valence-electron chi connectivity index (χ2n) is 6.76. The predicted molar refractivity (Wildman–Crippen MR) is 107 cm³/mol. The smallest absolute Gasteiger partial charge is 0.348 e. The maximum Gasteiger partial charge on any atom is 0.348 e. The summed E-state index contributed by atoms with van der Waals surface area (Å²) in [5.41, 5.74) is 3.47. The van der Waals surface area contributed by atoms with Crippen LogP contribution >= 0.6 is 11.3 Å². The molecule has 1 aliphatic rings. The minimum atomic E-state index is -0.425. The second kappa shape index (κ2) is 7.98. The number of carbonyl (C=O) groups excluding carboxylic acids is 2. The number of amides is 1. The summed E-state index contributed by atoms with van der Waals surface area (Å²) in [6.07, 6.45) is 4.71. The largest absolute Gasteiger partial charge is 0.465 e. The number of esters is 1. The zero-order valence-electron chi connectivity index (χ0n) is 15.6. The lowest BCUT2D eigenvalue weighted by Crippen LogP contribution is -2.30. The molecule has 0 saturated heterocycles. The molecule has 1 N–H and O–H groups in total. The van der Waals surface area contributed by atoms with Crippen LogP contribution in [0, 0.1) is 0 Å². The number of hydrogen-bond acceptors (Lipinski definition) is 5.